The van der Waals surface area contributed by atoms with Gasteiger partial charge in [-0.05, 0) is 24.6 Å². The molecular weight excluding hydrogens is 310 g/mol. The summed E-state index contributed by atoms with van der Waals surface area (Å²) in [5.74, 6) is -1.83. The van der Waals surface area contributed by atoms with Gasteiger partial charge in [0.25, 0.3) is 5.91 Å². The summed E-state index contributed by atoms with van der Waals surface area (Å²) in [6, 6.07) is 11.4. The number of nitrogens with one attached hydrogen (secondary N) is 1. The molecule has 2 aromatic carbocycles. The van der Waals surface area contributed by atoms with Crippen LogP contribution in [0.4, 0.5) is 8.78 Å². The number of benzene rings is 2. The third-order valence-corrected chi connectivity index (χ3v) is 4.62. The predicted octanol–water partition coefficient (Wildman–Crippen LogP) is 1.81. The molecule has 0 saturated carbocycles. The summed E-state index contributed by atoms with van der Waals surface area (Å²) in [6.07, 6.45) is 0. The number of halogens is 2. The second kappa shape index (κ2) is 7.09. The second-order valence-corrected chi connectivity index (χ2v) is 6.27. The largest absolute Gasteiger partial charge is 0.328 e. The van der Waals surface area contributed by atoms with E-state index in [4.69, 9.17) is 0 Å². The summed E-state index contributed by atoms with van der Waals surface area (Å²) in [6.45, 7) is 5.84. The van der Waals surface area contributed by atoms with Crippen LogP contribution in [-0.4, -0.2) is 37.0 Å². The Morgan fingerprint density at radius 3 is 2.50 bits per heavy atom. The highest BCUT2D eigenvalue weighted by Crippen LogP contribution is 2.12. The third kappa shape index (κ3) is 3.62. The van der Waals surface area contributed by atoms with Crippen LogP contribution < -0.4 is 4.90 Å². The zero-order valence-corrected chi connectivity index (χ0v) is 13.7. The topological polar surface area (TPSA) is 24.8 Å². The Morgan fingerprint density at radius 1 is 1.12 bits per heavy atom. The molecule has 1 amide bonds. The van der Waals surface area contributed by atoms with E-state index < -0.39 is 11.6 Å². The molecule has 0 bridgehead atoms. The first kappa shape index (κ1) is 16.6. The summed E-state index contributed by atoms with van der Waals surface area (Å²) in [5.41, 5.74) is 2.53. The van der Waals surface area contributed by atoms with E-state index in [0.29, 0.717) is 13.1 Å². The van der Waals surface area contributed by atoms with E-state index in [-0.39, 0.29) is 11.5 Å². The van der Waals surface area contributed by atoms with Gasteiger partial charge in [0.15, 0.2) is 0 Å². The minimum Gasteiger partial charge on any atom is -0.328 e. The van der Waals surface area contributed by atoms with Crippen molar-refractivity contribution in [2.45, 2.75) is 13.5 Å². The summed E-state index contributed by atoms with van der Waals surface area (Å²) >= 11 is 0. The van der Waals surface area contributed by atoms with Crippen LogP contribution in [-0.2, 0) is 6.54 Å². The number of carbonyl (C=O) groups is 1. The van der Waals surface area contributed by atoms with Gasteiger partial charge in [0.05, 0.1) is 31.7 Å². The monoisotopic (exact) mass is 331 g/mol. The van der Waals surface area contributed by atoms with Crippen LogP contribution in [0.5, 0.6) is 0 Å². The standard InChI is InChI=1S/C19H20F2N2O/c1-14-4-2-3-5-15(14)13-22-8-10-23(11-9-22)19(24)17-7-6-16(20)12-18(17)21/h2-7,12H,8-11,13H2,1H3/p+1. The zero-order valence-electron chi connectivity index (χ0n) is 13.7. The van der Waals surface area contributed by atoms with Gasteiger partial charge in [-0.3, -0.25) is 4.79 Å². The van der Waals surface area contributed by atoms with E-state index in [1.807, 2.05) is 12.1 Å². The molecule has 3 nitrogen and oxygen atoms in total. The highest BCUT2D eigenvalue weighted by Gasteiger charge is 2.26. The first-order chi connectivity index (χ1) is 11.5. The molecule has 5 heteroatoms. The Labute approximate surface area is 140 Å². The van der Waals surface area contributed by atoms with E-state index >= 15 is 0 Å². The molecule has 1 fully saturated rings. The quantitative estimate of drug-likeness (QED) is 0.912. The lowest BCUT2D eigenvalue weighted by Crippen LogP contribution is -3.13. The third-order valence-electron chi connectivity index (χ3n) is 4.62. The molecule has 0 radical (unpaired) electrons. The minimum absolute atomic E-state index is 0.0567. The molecule has 0 atom stereocenters. The Bertz CT molecular complexity index is 740. The molecular formula is C19H21F2N2O+. The van der Waals surface area contributed by atoms with Gasteiger partial charge in [-0.25, -0.2) is 8.78 Å². The molecule has 0 aromatic heterocycles. The Balaban J connectivity index is 1.60. The lowest BCUT2D eigenvalue weighted by atomic mass is 10.1. The zero-order chi connectivity index (χ0) is 17.1. The molecule has 1 N–H and O–H groups in total. The fourth-order valence-electron chi connectivity index (χ4n) is 3.11. The van der Waals surface area contributed by atoms with Crippen LogP contribution in [0.25, 0.3) is 0 Å². The van der Waals surface area contributed by atoms with Gasteiger partial charge in [0.2, 0.25) is 0 Å². The van der Waals surface area contributed by atoms with E-state index in [9.17, 15) is 13.6 Å². The average molecular weight is 331 g/mol. The number of rotatable bonds is 3. The molecule has 24 heavy (non-hydrogen) atoms. The van der Waals surface area contributed by atoms with Crippen LogP contribution in [0.3, 0.4) is 0 Å². The van der Waals surface area contributed by atoms with Crippen molar-refractivity contribution < 1.29 is 18.5 Å². The Hall–Kier alpha value is -2.27. The highest BCUT2D eigenvalue weighted by atomic mass is 19.1. The van der Waals surface area contributed by atoms with Crippen molar-refractivity contribution in [3.05, 3.63) is 70.8 Å². The highest BCUT2D eigenvalue weighted by molar-refractivity contribution is 5.94. The Morgan fingerprint density at radius 2 is 1.83 bits per heavy atom. The van der Waals surface area contributed by atoms with Crippen LogP contribution in [0.15, 0.2) is 42.5 Å². The summed E-state index contributed by atoms with van der Waals surface area (Å²) in [4.78, 5) is 15.5. The average Bonchev–Trinajstić information content (AvgIpc) is 2.57. The molecule has 1 aliphatic heterocycles. The van der Waals surface area contributed by atoms with Gasteiger partial charge >= 0.3 is 0 Å². The first-order valence-electron chi connectivity index (χ1n) is 8.17. The van der Waals surface area contributed by atoms with Gasteiger partial charge in [0.1, 0.15) is 18.2 Å². The molecule has 3 rings (SSSR count). The number of hydrogen-bond donors (Lipinski definition) is 1. The number of nitrogens with zero attached hydrogens (tertiary/aromatic N) is 1. The number of aryl methyl sites for hydroxylation is 1. The summed E-state index contributed by atoms with van der Waals surface area (Å²) < 4.78 is 26.7. The van der Waals surface area contributed by atoms with Crippen molar-refractivity contribution in [3.8, 4) is 0 Å². The maximum absolute atomic E-state index is 13.8. The normalized spacial score (nSPS) is 15.5. The molecule has 2 aromatic rings. The van der Waals surface area contributed by atoms with Gasteiger partial charge in [-0.15, -0.1) is 0 Å². The number of quaternary nitrogens is 1. The minimum atomic E-state index is -0.797. The molecule has 1 heterocycles. The van der Waals surface area contributed by atoms with E-state index in [1.165, 1.54) is 22.1 Å². The van der Waals surface area contributed by atoms with Crippen molar-refractivity contribution in [1.82, 2.24) is 4.90 Å². The van der Waals surface area contributed by atoms with Crippen molar-refractivity contribution in [1.29, 1.82) is 0 Å². The number of amides is 1. The van der Waals surface area contributed by atoms with E-state index in [1.54, 1.807) is 4.90 Å². The van der Waals surface area contributed by atoms with Crippen LogP contribution >= 0.6 is 0 Å². The lowest BCUT2D eigenvalue weighted by Gasteiger charge is -2.32. The molecule has 0 aliphatic carbocycles. The fourth-order valence-corrected chi connectivity index (χ4v) is 3.11. The van der Waals surface area contributed by atoms with Gasteiger partial charge < -0.3 is 9.80 Å². The fraction of sp³-hybridized carbons (Fsp3) is 0.316. The predicted molar refractivity (Wildman–Crippen MR) is 87.8 cm³/mol. The SMILES string of the molecule is Cc1ccccc1C[NH+]1CCN(C(=O)c2ccc(F)cc2F)CC1. The summed E-state index contributed by atoms with van der Waals surface area (Å²) in [7, 11) is 0. The number of piperazine rings is 1. The number of carbonyl (C=O) groups excluding carboxylic acids is 1. The first-order valence-corrected chi connectivity index (χ1v) is 8.17. The summed E-state index contributed by atoms with van der Waals surface area (Å²) in [5, 5.41) is 0. The Kier molecular flexibility index (Phi) is 4.90. The molecule has 1 aliphatic rings. The van der Waals surface area contributed by atoms with Crippen LogP contribution in [0.2, 0.25) is 0 Å². The molecule has 0 spiro atoms. The van der Waals surface area contributed by atoms with E-state index in [0.717, 1.165) is 31.8 Å². The van der Waals surface area contributed by atoms with Crippen LogP contribution in [0, 0.1) is 18.6 Å². The van der Waals surface area contributed by atoms with Crippen molar-refractivity contribution in [2.75, 3.05) is 26.2 Å². The maximum atomic E-state index is 13.8. The van der Waals surface area contributed by atoms with E-state index in [2.05, 4.69) is 19.1 Å². The maximum Gasteiger partial charge on any atom is 0.257 e. The molecule has 1 saturated heterocycles. The lowest BCUT2D eigenvalue weighted by molar-refractivity contribution is -0.917. The van der Waals surface area contributed by atoms with Gasteiger partial charge in [-0.2, -0.15) is 0 Å². The molecule has 126 valence electrons. The van der Waals surface area contributed by atoms with Gasteiger partial charge in [-0.1, -0.05) is 24.3 Å². The van der Waals surface area contributed by atoms with Crippen LogP contribution in [0.1, 0.15) is 21.5 Å². The van der Waals surface area contributed by atoms with Crippen molar-refractivity contribution in [3.63, 3.8) is 0 Å². The smallest absolute Gasteiger partial charge is 0.257 e. The van der Waals surface area contributed by atoms with Gasteiger partial charge in [0, 0.05) is 11.6 Å². The number of hydrogen-bond acceptors (Lipinski definition) is 1. The molecule has 0 unspecified atom stereocenters. The second-order valence-electron chi connectivity index (χ2n) is 6.27. The van der Waals surface area contributed by atoms with Crippen molar-refractivity contribution >= 4 is 5.91 Å². The van der Waals surface area contributed by atoms with Crippen molar-refractivity contribution in [2.24, 2.45) is 0 Å².